The summed E-state index contributed by atoms with van der Waals surface area (Å²) in [4.78, 5) is 0. The molecule has 88 valence electrons. The summed E-state index contributed by atoms with van der Waals surface area (Å²) in [5, 5.41) is 10.1. The maximum absolute atomic E-state index is 10.1. The first kappa shape index (κ1) is 13.4. The molecule has 0 saturated carbocycles. The molecule has 1 saturated heterocycles. The molecule has 0 radical (unpaired) electrons. The second kappa shape index (κ2) is 5.63. The van der Waals surface area contributed by atoms with Crippen molar-refractivity contribution in [2.24, 2.45) is 5.92 Å². The van der Waals surface area contributed by atoms with Crippen molar-refractivity contribution in [3.05, 3.63) is 0 Å². The topological polar surface area (TPSA) is 38.7 Å². The van der Waals surface area contributed by atoms with E-state index in [1.54, 1.807) is 0 Å². The van der Waals surface area contributed by atoms with E-state index in [1.165, 1.54) is 0 Å². The third kappa shape index (κ3) is 3.16. The van der Waals surface area contributed by atoms with Crippen LogP contribution in [0.15, 0.2) is 0 Å². The van der Waals surface area contributed by atoms with Gasteiger partial charge < -0.3 is 14.5 Å². The Labute approximate surface area is 95.2 Å². The Morgan fingerprint density at radius 3 is 2.53 bits per heavy atom. The van der Waals surface area contributed by atoms with Crippen molar-refractivity contribution >= 4 is 15.8 Å². The molecule has 1 rings (SSSR count). The van der Waals surface area contributed by atoms with Gasteiger partial charge in [0.2, 0.25) is 0 Å². The van der Waals surface area contributed by atoms with E-state index < -0.39 is 6.10 Å². The Bertz CT molecular complexity index is 203. The number of hydrogen-bond acceptors (Lipinski definition) is 3. The van der Waals surface area contributed by atoms with E-state index in [9.17, 15) is 5.11 Å². The lowest BCUT2D eigenvalue weighted by Crippen LogP contribution is -2.54. The van der Waals surface area contributed by atoms with E-state index in [-0.39, 0.29) is 30.9 Å². The van der Waals surface area contributed by atoms with Crippen LogP contribution in [0.5, 0.6) is 0 Å². The lowest BCUT2D eigenvalue weighted by Gasteiger charge is -2.43. The molecule has 6 atom stereocenters. The molecule has 0 spiro atoms. The minimum Gasteiger partial charge on any atom is -0.426 e. The Kier molecular flexibility index (Phi) is 5.04. The average molecular weight is 232 g/mol. The second-order valence-electron chi connectivity index (χ2n) is 4.44. The monoisotopic (exact) mass is 232 g/mol. The third-order valence-electron chi connectivity index (χ3n) is 3.14. The SMILES string of the molecule is CCC1OC(C)C(C)C(OB(C)P)C1O. The summed E-state index contributed by atoms with van der Waals surface area (Å²) < 4.78 is 11.5. The molecule has 3 nitrogen and oxygen atoms in total. The summed E-state index contributed by atoms with van der Waals surface area (Å²) in [6.07, 6.45) is 0.246. The van der Waals surface area contributed by atoms with Gasteiger partial charge in [-0.1, -0.05) is 20.7 Å². The van der Waals surface area contributed by atoms with Gasteiger partial charge in [-0.25, -0.2) is 0 Å². The number of aliphatic hydroxyl groups is 1. The average Bonchev–Trinajstić information content (AvgIpc) is 2.18. The van der Waals surface area contributed by atoms with Crippen molar-refractivity contribution in [2.75, 3.05) is 0 Å². The lowest BCUT2D eigenvalue weighted by molar-refractivity contribution is -0.184. The highest BCUT2D eigenvalue weighted by atomic mass is 31.0. The quantitative estimate of drug-likeness (QED) is 0.592. The normalized spacial score (nSPS) is 41.6. The summed E-state index contributed by atoms with van der Waals surface area (Å²) in [6, 6.07) is 0. The first-order valence-corrected chi connectivity index (χ1v) is 6.38. The van der Waals surface area contributed by atoms with E-state index in [1.807, 2.05) is 20.7 Å². The van der Waals surface area contributed by atoms with Gasteiger partial charge >= 0.3 is 6.64 Å². The van der Waals surface area contributed by atoms with E-state index in [0.29, 0.717) is 0 Å². The van der Waals surface area contributed by atoms with Crippen molar-refractivity contribution < 1.29 is 14.5 Å². The van der Waals surface area contributed by atoms with Crippen molar-refractivity contribution in [1.82, 2.24) is 0 Å². The molecule has 1 heterocycles. The molecule has 5 heteroatoms. The molecule has 0 aromatic heterocycles. The predicted octanol–water partition coefficient (Wildman–Crippen LogP) is 1.56. The fraction of sp³-hybridized carbons (Fsp3) is 1.00. The van der Waals surface area contributed by atoms with Crippen LogP contribution in [0.1, 0.15) is 27.2 Å². The summed E-state index contributed by atoms with van der Waals surface area (Å²) in [5.74, 6) is 0.228. The molecule has 1 N–H and O–H groups in total. The molecule has 0 aliphatic carbocycles. The highest BCUT2D eigenvalue weighted by molar-refractivity contribution is 7.60. The fourth-order valence-electron chi connectivity index (χ4n) is 2.06. The largest absolute Gasteiger partial charge is 0.426 e. The van der Waals surface area contributed by atoms with Crippen LogP contribution >= 0.6 is 9.12 Å². The minimum absolute atomic E-state index is 0.0647. The summed E-state index contributed by atoms with van der Waals surface area (Å²) in [6.45, 7) is 8.17. The minimum atomic E-state index is -0.510. The zero-order valence-electron chi connectivity index (χ0n) is 10.0. The first-order chi connectivity index (χ1) is 6.97. The summed E-state index contributed by atoms with van der Waals surface area (Å²) in [7, 11) is 2.60. The molecule has 6 unspecified atom stereocenters. The van der Waals surface area contributed by atoms with Crippen LogP contribution in [0.3, 0.4) is 0 Å². The van der Waals surface area contributed by atoms with Crippen LogP contribution in [0.4, 0.5) is 0 Å². The predicted molar refractivity (Wildman–Crippen MR) is 66.0 cm³/mol. The van der Waals surface area contributed by atoms with E-state index in [4.69, 9.17) is 9.39 Å². The van der Waals surface area contributed by atoms with Gasteiger partial charge in [-0.15, -0.1) is 9.12 Å². The van der Waals surface area contributed by atoms with Crippen LogP contribution in [0.2, 0.25) is 6.82 Å². The number of aliphatic hydroxyl groups excluding tert-OH is 1. The van der Waals surface area contributed by atoms with Crippen LogP contribution < -0.4 is 0 Å². The summed E-state index contributed by atoms with van der Waals surface area (Å²) in [5.41, 5.74) is 0. The van der Waals surface area contributed by atoms with Gasteiger partial charge in [0.25, 0.3) is 0 Å². The Morgan fingerprint density at radius 2 is 2.07 bits per heavy atom. The highest BCUT2D eigenvalue weighted by Crippen LogP contribution is 2.30. The van der Waals surface area contributed by atoms with Crippen LogP contribution in [0, 0.1) is 5.92 Å². The smallest absolute Gasteiger partial charge is 0.312 e. The second-order valence-corrected chi connectivity index (χ2v) is 5.38. The van der Waals surface area contributed by atoms with Crippen molar-refractivity contribution in [3.63, 3.8) is 0 Å². The van der Waals surface area contributed by atoms with Gasteiger partial charge in [0.1, 0.15) is 6.10 Å². The van der Waals surface area contributed by atoms with E-state index >= 15 is 0 Å². The van der Waals surface area contributed by atoms with Crippen molar-refractivity contribution in [2.45, 2.75) is 58.4 Å². The molecule has 15 heavy (non-hydrogen) atoms. The standard InChI is InChI=1S/C10H22BO3P/c1-5-8-9(12)10(14-11(4)15)6(2)7(3)13-8/h6-10,12H,5,15H2,1-4H3. The summed E-state index contributed by atoms with van der Waals surface area (Å²) >= 11 is 0. The Morgan fingerprint density at radius 1 is 1.47 bits per heavy atom. The first-order valence-electron chi connectivity index (χ1n) is 5.72. The fourth-order valence-corrected chi connectivity index (χ4v) is 2.24. The number of ether oxygens (including phenoxy) is 1. The maximum atomic E-state index is 10.1. The van der Waals surface area contributed by atoms with E-state index in [0.717, 1.165) is 6.42 Å². The molecule has 0 aromatic rings. The molecule has 0 aromatic carbocycles. The van der Waals surface area contributed by atoms with Crippen LogP contribution in [-0.4, -0.2) is 36.2 Å². The molecule has 1 aliphatic heterocycles. The number of hydrogen-bond donors (Lipinski definition) is 1. The molecule has 1 aliphatic rings. The van der Waals surface area contributed by atoms with Gasteiger partial charge in [0.15, 0.2) is 0 Å². The molecular formula is C10H22BO3P. The third-order valence-corrected chi connectivity index (χ3v) is 3.30. The zero-order valence-corrected chi connectivity index (χ0v) is 11.2. The lowest BCUT2D eigenvalue weighted by atomic mass is 9.86. The van der Waals surface area contributed by atoms with Gasteiger partial charge in [-0.05, 0) is 13.3 Å². The molecule has 0 amide bonds. The van der Waals surface area contributed by atoms with Gasteiger partial charge in [-0.2, -0.15) is 0 Å². The molecular weight excluding hydrogens is 210 g/mol. The molecule has 1 fully saturated rings. The Hall–Kier alpha value is 0.375. The highest BCUT2D eigenvalue weighted by Gasteiger charge is 2.41. The zero-order chi connectivity index (χ0) is 11.6. The van der Waals surface area contributed by atoms with E-state index in [2.05, 4.69) is 16.0 Å². The molecule has 0 bridgehead atoms. The van der Waals surface area contributed by atoms with Gasteiger partial charge in [0, 0.05) is 5.92 Å². The van der Waals surface area contributed by atoms with Crippen LogP contribution in [-0.2, 0) is 9.39 Å². The Balaban J connectivity index is 2.70. The van der Waals surface area contributed by atoms with Crippen molar-refractivity contribution in [1.29, 1.82) is 0 Å². The maximum Gasteiger partial charge on any atom is 0.312 e. The van der Waals surface area contributed by atoms with Crippen LogP contribution in [0.25, 0.3) is 0 Å². The van der Waals surface area contributed by atoms with Gasteiger partial charge in [-0.3, -0.25) is 0 Å². The number of rotatable bonds is 3. The van der Waals surface area contributed by atoms with Gasteiger partial charge in [0.05, 0.1) is 18.3 Å². The van der Waals surface area contributed by atoms with Crippen molar-refractivity contribution in [3.8, 4) is 0 Å².